The number of nitrogens with two attached hydrogens (primary N) is 1. The molecule has 0 spiro atoms. The van der Waals surface area contributed by atoms with Gasteiger partial charge in [0.25, 0.3) is 5.91 Å². The highest BCUT2D eigenvalue weighted by atomic mass is 35.5. The van der Waals surface area contributed by atoms with E-state index in [0.717, 1.165) is 0 Å². The van der Waals surface area contributed by atoms with Gasteiger partial charge >= 0.3 is 0 Å². The Hall–Kier alpha value is -1.15. The molecule has 108 valence electrons. The maximum atomic E-state index is 11.8. The molecule has 0 saturated heterocycles. The van der Waals surface area contributed by atoms with Gasteiger partial charge in [-0.2, -0.15) is 0 Å². The van der Waals surface area contributed by atoms with E-state index in [1.807, 2.05) is 0 Å². The van der Waals surface area contributed by atoms with E-state index in [1.165, 1.54) is 23.1 Å². The predicted octanol–water partition coefficient (Wildman–Crippen LogP) is 0.0472. The number of amides is 1. The second-order valence-electron chi connectivity index (χ2n) is 3.91. The van der Waals surface area contributed by atoms with Crippen molar-refractivity contribution >= 4 is 28.3 Å². The first-order valence-corrected chi connectivity index (χ1v) is 6.88. The van der Waals surface area contributed by atoms with E-state index in [0.29, 0.717) is 5.56 Å². The zero-order chi connectivity index (χ0) is 13.8. The van der Waals surface area contributed by atoms with E-state index in [1.54, 1.807) is 20.2 Å². The van der Waals surface area contributed by atoms with Crippen LogP contribution in [0.2, 0.25) is 0 Å². The fourth-order valence-electron chi connectivity index (χ4n) is 1.33. The van der Waals surface area contributed by atoms with Crippen LogP contribution in [-0.4, -0.2) is 46.4 Å². The van der Waals surface area contributed by atoms with Gasteiger partial charge in [0, 0.05) is 32.7 Å². The van der Waals surface area contributed by atoms with Crippen molar-refractivity contribution in [3.63, 3.8) is 0 Å². The van der Waals surface area contributed by atoms with Gasteiger partial charge in [-0.15, -0.1) is 12.4 Å². The summed E-state index contributed by atoms with van der Waals surface area (Å²) < 4.78 is 26.0. The van der Waals surface area contributed by atoms with Crippen LogP contribution in [0.4, 0.5) is 0 Å². The summed E-state index contributed by atoms with van der Waals surface area (Å²) in [5, 5.41) is 0. The third-order valence-corrected chi connectivity index (χ3v) is 3.69. The number of sulfonamides is 1. The Morgan fingerprint density at radius 2 is 2.00 bits per heavy atom. The summed E-state index contributed by atoms with van der Waals surface area (Å²) in [5.41, 5.74) is 5.57. The highest BCUT2D eigenvalue weighted by Gasteiger charge is 2.16. The number of nitrogens with one attached hydrogen (secondary N) is 1. The first-order chi connectivity index (χ1) is 8.38. The van der Waals surface area contributed by atoms with Crippen LogP contribution in [0.15, 0.2) is 29.2 Å². The predicted molar refractivity (Wildman–Crippen MR) is 76.0 cm³/mol. The van der Waals surface area contributed by atoms with Crippen molar-refractivity contribution in [3.8, 4) is 0 Å². The third-order valence-electron chi connectivity index (χ3n) is 2.23. The van der Waals surface area contributed by atoms with Gasteiger partial charge in [-0.25, -0.2) is 13.1 Å². The molecule has 0 atom stereocenters. The molecule has 0 aromatic heterocycles. The summed E-state index contributed by atoms with van der Waals surface area (Å²) in [7, 11) is -0.390. The van der Waals surface area contributed by atoms with Crippen LogP contribution in [0.25, 0.3) is 0 Å². The molecule has 0 saturated carbocycles. The van der Waals surface area contributed by atoms with E-state index in [9.17, 15) is 13.2 Å². The van der Waals surface area contributed by atoms with Crippen molar-refractivity contribution in [2.45, 2.75) is 4.90 Å². The Kier molecular flexibility index (Phi) is 6.99. The Balaban J connectivity index is 0.00000324. The van der Waals surface area contributed by atoms with E-state index >= 15 is 0 Å². The van der Waals surface area contributed by atoms with Crippen molar-refractivity contribution < 1.29 is 13.2 Å². The third kappa shape index (κ3) is 4.79. The van der Waals surface area contributed by atoms with Crippen LogP contribution in [0.1, 0.15) is 10.4 Å². The summed E-state index contributed by atoms with van der Waals surface area (Å²) in [6, 6.07) is 5.89. The van der Waals surface area contributed by atoms with Gasteiger partial charge in [-0.05, 0) is 18.2 Å². The van der Waals surface area contributed by atoms with Crippen LogP contribution < -0.4 is 10.5 Å². The molecule has 8 heteroatoms. The lowest BCUT2D eigenvalue weighted by Gasteiger charge is -2.11. The second-order valence-corrected chi connectivity index (χ2v) is 5.68. The molecule has 0 unspecified atom stereocenters. The lowest BCUT2D eigenvalue weighted by molar-refractivity contribution is 0.0827. The van der Waals surface area contributed by atoms with Gasteiger partial charge in [-0.3, -0.25) is 4.79 Å². The van der Waals surface area contributed by atoms with Gasteiger partial charge in [-0.1, -0.05) is 6.07 Å². The van der Waals surface area contributed by atoms with E-state index in [4.69, 9.17) is 5.73 Å². The molecule has 1 aromatic rings. The molecule has 3 N–H and O–H groups in total. The van der Waals surface area contributed by atoms with Gasteiger partial charge < -0.3 is 10.6 Å². The van der Waals surface area contributed by atoms with Crippen molar-refractivity contribution in [1.29, 1.82) is 0 Å². The summed E-state index contributed by atoms with van der Waals surface area (Å²) in [5.74, 6) is -0.245. The molecule has 0 aliphatic rings. The molecule has 0 aliphatic carbocycles. The van der Waals surface area contributed by atoms with E-state index in [2.05, 4.69) is 4.72 Å². The normalized spacial score (nSPS) is 10.7. The van der Waals surface area contributed by atoms with Crippen molar-refractivity contribution in [2.24, 2.45) is 5.73 Å². The van der Waals surface area contributed by atoms with E-state index in [-0.39, 0.29) is 36.3 Å². The zero-order valence-corrected chi connectivity index (χ0v) is 12.4. The zero-order valence-electron chi connectivity index (χ0n) is 10.8. The topological polar surface area (TPSA) is 92.5 Å². The quantitative estimate of drug-likeness (QED) is 0.804. The molecule has 0 bridgehead atoms. The van der Waals surface area contributed by atoms with Crippen LogP contribution in [0.5, 0.6) is 0 Å². The van der Waals surface area contributed by atoms with Crippen molar-refractivity contribution in [1.82, 2.24) is 9.62 Å². The minimum absolute atomic E-state index is 0. The highest BCUT2D eigenvalue weighted by Crippen LogP contribution is 2.12. The molecule has 6 nitrogen and oxygen atoms in total. The van der Waals surface area contributed by atoms with Gasteiger partial charge in [0.05, 0.1) is 4.90 Å². The average Bonchev–Trinajstić information content (AvgIpc) is 2.35. The fraction of sp³-hybridized carbons (Fsp3) is 0.364. The lowest BCUT2D eigenvalue weighted by atomic mass is 10.2. The molecule has 0 aliphatic heterocycles. The number of halogens is 1. The Labute approximate surface area is 119 Å². The molecule has 1 amide bonds. The number of hydrogen-bond donors (Lipinski definition) is 2. The Morgan fingerprint density at radius 3 is 2.53 bits per heavy atom. The van der Waals surface area contributed by atoms with Crippen LogP contribution in [-0.2, 0) is 10.0 Å². The monoisotopic (exact) mass is 307 g/mol. The second kappa shape index (κ2) is 7.44. The van der Waals surface area contributed by atoms with Crippen molar-refractivity contribution in [3.05, 3.63) is 29.8 Å². The number of carbonyl (C=O) groups is 1. The Morgan fingerprint density at radius 1 is 1.37 bits per heavy atom. The van der Waals surface area contributed by atoms with Crippen molar-refractivity contribution in [2.75, 3.05) is 27.2 Å². The van der Waals surface area contributed by atoms with Crippen LogP contribution >= 0.6 is 12.4 Å². The molecule has 0 heterocycles. The number of hydrogen-bond acceptors (Lipinski definition) is 4. The molecular formula is C11H18ClN3O3S. The maximum Gasteiger partial charge on any atom is 0.253 e. The fourth-order valence-corrected chi connectivity index (χ4v) is 2.42. The minimum atomic E-state index is -3.60. The van der Waals surface area contributed by atoms with E-state index < -0.39 is 10.0 Å². The molecule has 1 aromatic carbocycles. The van der Waals surface area contributed by atoms with Gasteiger partial charge in [0.2, 0.25) is 10.0 Å². The molecule has 1 rings (SSSR count). The van der Waals surface area contributed by atoms with Gasteiger partial charge in [0.1, 0.15) is 0 Å². The summed E-state index contributed by atoms with van der Waals surface area (Å²) in [6.45, 7) is 0.379. The summed E-state index contributed by atoms with van der Waals surface area (Å²) >= 11 is 0. The SMILES string of the molecule is CN(C)C(=O)c1cccc(S(=O)(=O)NCCN)c1.Cl. The number of carbonyl (C=O) groups excluding carboxylic acids is 1. The minimum Gasteiger partial charge on any atom is -0.345 e. The first kappa shape index (κ1) is 17.8. The number of rotatable bonds is 5. The summed E-state index contributed by atoms with van der Waals surface area (Å²) in [4.78, 5) is 13.2. The molecule has 19 heavy (non-hydrogen) atoms. The number of nitrogens with zero attached hydrogens (tertiary/aromatic N) is 1. The maximum absolute atomic E-state index is 11.8. The van der Waals surface area contributed by atoms with Crippen LogP contribution in [0.3, 0.4) is 0 Å². The average molecular weight is 308 g/mol. The van der Waals surface area contributed by atoms with Gasteiger partial charge in [0.15, 0.2) is 0 Å². The first-order valence-electron chi connectivity index (χ1n) is 5.40. The largest absolute Gasteiger partial charge is 0.345 e. The molecular weight excluding hydrogens is 290 g/mol. The number of benzene rings is 1. The van der Waals surface area contributed by atoms with Crippen LogP contribution in [0, 0.1) is 0 Å². The smallest absolute Gasteiger partial charge is 0.253 e. The highest BCUT2D eigenvalue weighted by molar-refractivity contribution is 7.89. The lowest BCUT2D eigenvalue weighted by Crippen LogP contribution is -2.29. The summed E-state index contributed by atoms with van der Waals surface area (Å²) in [6.07, 6.45) is 0. The molecule has 0 fully saturated rings. The Bertz CT molecular complexity index is 532. The standard InChI is InChI=1S/C11H17N3O3S.ClH/c1-14(2)11(15)9-4-3-5-10(8-9)18(16,17)13-7-6-12;/h3-5,8,13H,6-7,12H2,1-2H3;1H. The molecule has 0 radical (unpaired) electrons.